The van der Waals surface area contributed by atoms with Gasteiger partial charge in [-0.3, -0.25) is 4.79 Å². The van der Waals surface area contributed by atoms with Crippen LogP contribution in [0.4, 0.5) is 0 Å². The van der Waals surface area contributed by atoms with E-state index in [0.29, 0.717) is 0 Å². The highest BCUT2D eigenvalue weighted by molar-refractivity contribution is 5.70. The molecular formula is C13H20N2O2. The summed E-state index contributed by atoms with van der Waals surface area (Å²) >= 11 is 0. The van der Waals surface area contributed by atoms with Crippen LogP contribution in [0.3, 0.4) is 0 Å². The van der Waals surface area contributed by atoms with E-state index in [0.717, 1.165) is 30.8 Å². The molecule has 1 rings (SSSR count). The highest BCUT2D eigenvalue weighted by Crippen LogP contribution is 2.11. The van der Waals surface area contributed by atoms with Crippen LogP contribution in [0.25, 0.3) is 0 Å². The van der Waals surface area contributed by atoms with Gasteiger partial charge >= 0.3 is 5.97 Å². The molecule has 0 spiro atoms. The van der Waals surface area contributed by atoms with Crippen molar-refractivity contribution in [1.82, 2.24) is 10.2 Å². The van der Waals surface area contributed by atoms with Crippen molar-refractivity contribution in [3.05, 3.63) is 35.4 Å². The fourth-order valence-electron chi connectivity index (χ4n) is 1.72. The number of carbonyl (C=O) groups is 1. The Morgan fingerprint density at radius 1 is 1.35 bits per heavy atom. The second-order valence-electron chi connectivity index (χ2n) is 4.18. The van der Waals surface area contributed by atoms with E-state index in [-0.39, 0.29) is 6.42 Å². The molecule has 0 saturated heterocycles. The summed E-state index contributed by atoms with van der Waals surface area (Å²) in [6, 6.07) is 7.71. The lowest BCUT2D eigenvalue weighted by molar-refractivity contribution is -0.136. The second-order valence-corrected chi connectivity index (χ2v) is 4.18. The largest absolute Gasteiger partial charge is 0.481 e. The van der Waals surface area contributed by atoms with E-state index in [2.05, 4.69) is 10.2 Å². The van der Waals surface area contributed by atoms with Gasteiger partial charge in [-0.25, -0.2) is 0 Å². The first-order valence-electron chi connectivity index (χ1n) is 5.75. The van der Waals surface area contributed by atoms with Gasteiger partial charge in [-0.15, -0.1) is 0 Å². The maximum atomic E-state index is 10.8. The average Bonchev–Trinajstić information content (AvgIpc) is 2.28. The van der Waals surface area contributed by atoms with Crippen LogP contribution in [-0.2, 0) is 17.8 Å². The number of carboxylic acid groups (broad SMARTS) is 1. The van der Waals surface area contributed by atoms with Gasteiger partial charge in [-0.2, -0.15) is 0 Å². The predicted molar refractivity (Wildman–Crippen MR) is 68.0 cm³/mol. The first kappa shape index (κ1) is 13.7. The van der Waals surface area contributed by atoms with Crippen LogP contribution in [0.2, 0.25) is 0 Å². The lowest BCUT2D eigenvalue weighted by Gasteiger charge is -2.18. The monoisotopic (exact) mass is 236 g/mol. The fraction of sp³-hybridized carbons (Fsp3) is 0.462. The average molecular weight is 236 g/mol. The summed E-state index contributed by atoms with van der Waals surface area (Å²) in [6.45, 7) is 2.65. The number of aliphatic carboxylic acids is 1. The van der Waals surface area contributed by atoms with Gasteiger partial charge in [0.1, 0.15) is 0 Å². The van der Waals surface area contributed by atoms with Crippen molar-refractivity contribution in [3.8, 4) is 0 Å². The molecular weight excluding hydrogens is 216 g/mol. The zero-order valence-electron chi connectivity index (χ0n) is 10.4. The van der Waals surface area contributed by atoms with Crippen LogP contribution in [0.15, 0.2) is 24.3 Å². The molecule has 0 aliphatic carbocycles. The highest BCUT2D eigenvalue weighted by atomic mass is 16.4. The summed E-state index contributed by atoms with van der Waals surface area (Å²) in [5.41, 5.74) is 1.99. The quantitative estimate of drug-likeness (QED) is 0.740. The molecule has 94 valence electrons. The lowest BCUT2D eigenvalue weighted by atomic mass is 10.0. The zero-order chi connectivity index (χ0) is 12.7. The van der Waals surface area contributed by atoms with Crippen molar-refractivity contribution in [2.24, 2.45) is 0 Å². The predicted octanol–water partition coefficient (Wildman–Crippen LogP) is 0.965. The second kappa shape index (κ2) is 7.04. The number of hydrogen-bond donors (Lipinski definition) is 2. The van der Waals surface area contributed by atoms with Gasteiger partial charge in [0.25, 0.3) is 0 Å². The number of carboxylic acids is 1. The molecule has 0 radical (unpaired) electrons. The lowest BCUT2D eigenvalue weighted by Crippen LogP contribution is -2.27. The fourth-order valence-corrected chi connectivity index (χ4v) is 1.72. The van der Waals surface area contributed by atoms with Crippen molar-refractivity contribution < 1.29 is 9.90 Å². The third-order valence-corrected chi connectivity index (χ3v) is 2.64. The molecule has 1 aromatic carbocycles. The smallest absolute Gasteiger partial charge is 0.307 e. The van der Waals surface area contributed by atoms with Crippen molar-refractivity contribution in [2.75, 3.05) is 27.2 Å². The van der Waals surface area contributed by atoms with Crippen molar-refractivity contribution in [2.45, 2.75) is 13.0 Å². The molecule has 0 heterocycles. The maximum Gasteiger partial charge on any atom is 0.307 e. The van der Waals surface area contributed by atoms with E-state index in [1.54, 1.807) is 0 Å². The Morgan fingerprint density at radius 3 is 2.59 bits per heavy atom. The standard InChI is InChI=1S/C13H20N2O2/c1-14-7-8-15(2)10-12-6-4-3-5-11(12)9-13(16)17/h3-6,14H,7-10H2,1-2H3,(H,16,17). The maximum absolute atomic E-state index is 10.8. The van der Waals surface area contributed by atoms with Gasteiger partial charge in [0.15, 0.2) is 0 Å². The highest BCUT2D eigenvalue weighted by Gasteiger charge is 2.07. The van der Waals surface area contributed by atoms with Crippen LogP contribution in [-0.4, -0.2) is 43.2 Å². The van der Waals surface area contributed by atoms with E-state index < -0.39 is 5.97 Å². The van der Waals surface area contributed by atoms with Crippen molar-refractivity contribution >= 4 is 5.97 Å². The molecule has 0 atom stereocenters. The van der Waals surface area contributed by atoms with Crippen LogP contribution in [0.5, 0.6) is 0 Å². The number of rotatable bonds is 7. The SMILES string of the molecule is CNCCN(C)Cc1ccccc1CC(=O)O. The molecule has 0 aromatic heterocycles. The van der Waals surface area contributed by atoms with Crippen LogP contribution >= 0.6 is 0 Å². The molecule has 0 amide bonds. The molecule has 0 aliphatic heterocycles. The van der Waals surface area contributed by atoms with Crippen LogP contribution in [0.1, 0.15) is 11.1 Å². The Kier molecular flexibility index (Phi) is 5.66. The Hall–Kier alpha value is -1.39. The zero-order valence-corrected chi connectivity index (χ0v) is 10.4. The van der Waals surface area contributed by atoms with E-state index in [1.807, 2.05) is 38.4 Å². The molecule has 1 aromatic rings. The first-order chi connectivity index (χ1) is 8.13. The molecule has 2 N–H and O–H groups in total. The van der Waals surface area contributed by atoms with Crippen LogP contribution < -0.4 is 5.32 Å². The van der Waals surface area contributed by atoms with Gasteiger partial charge in [-0.05, 0) is 25.2 Å². The third-order valence-electron chi connectivity index (χ3n) is 2.64. The number of hydrogen-bond acceptors (Lipinski definition) is 3. The molecule has 0 bridgehead atoms. The first-order valence-corrected chi connectivity index (χ1v) is 5.75. The summed E-state index contributed by atoms with van der Waals surface area (Å²) in [5, 5.41) is 11.9. The molecule has 0 unspecified atom stereocenters. The normalized spacial score (nSPS) is 10.8. The third kappa shape index (κ3) is 4.97. The summed E-state index contributed by atoms with van der Waals surface area (Å²) in [7, 11) is 3.96. The van der Waals surface area contributed by atoms with E-state index in [1.165, 1.54) is 0 Å². The van der Waals surface area contributed by atoms with Gasteiger partial charge in [-0.1, -0.05) is 24.3 Å². The molecule has 0 saturated carbocycles. The Labute approximate surface area is 102 Å². The summed E-state index contributed by atoms with van der Waals surface area (Å²) in [6.07, 6.45) is 0.0933. The summed E-state index contributed by atoms with van der Waals surface area (Å²) < 4.78 is 0. The number of nitrogens with zero attached hydrogens (tertiary/aromatic N) is 1. The van der Waals surface area contributed by atoms with Gasteiger partial charge in [0.05, 0.1) is 6.42 Å². The molecule has 17 heavy (non-hydrogen) atoms. The number of likely N-dealkylation sites (N-methyl/N-ethyl adjacent to an activating group) is 2. The van der Waals surface area contributed by atoms with E-state index >= 15 is 0 Å². The minimum Gasteiger partial charge on any atom is -0.481 e. The topological polar surface area (TPSA) is 52.6 Å². The minimum absolute atomic E-state index is 0.0933. The Bertz CT molecular complexity index is 366. The molecule has 4 nitrogen and oxygen atoms in total. The number of benzene rings is 1. The van der Waals surface area contributed by atoms with E-state index in [9.17, 15) is 4.79 Å². The van der Waals surface area contributed by atoms with Gasteiger partial charge in [0.2, 0.25) is 0 Å². The Balaban J connectivity index is 2.65. The van der Waals surface area contributed by atoms with Crippen molar-refractivity contribution in [1.29, 1.82) is 0 Å². The molecule has 0 fully saturated rings. The van der Waals surface area contributed by atoms with Gasteiger partial charge in [0, 0.05) is 19.6 Å². The minimum atomic E-state index is -0.782. The van der Waals surface area contributed by atoms with Crippen LogP contribution in [0, 0.1) is 0 Å². The summed E-state index contributed by atoms with van der Waals surface area (Å²) in [5.74, 6) is -0.782. The number of nitrogens with one attached hydrogen (secondary N) is 1. The molecule has 0 aliphatic rings. The van der Waals surface area contributed by atoms with E-state index in [4.69, 9.17) is 5.11 Å². The Morgan fingerprint density at radius 2 is 2.00 bits per heavy atom. The summed E-state index contributed by atoms with van der Waals surface area (Å²) in [4.78, 5) is 12.9. The molecule has 4 heteroatoms. The van der Waals surface area contributed by atoms with Gasteiger partial charge < -0.3 is 15.3 Å². The van der Waals surface area contributed by atoms with Crippen molar-refractivity contribution in [3.63, 3.8) is 0 Å².